The summed E-state index contributed by atoms with van der Waals surface area (Å²) >= 11 is 0. The summed E-state index contributed by atoms with van der Waals surface area (Å²) in [6.07, 6.45) is 0. The van der Waals surface area contributed by atoms with Crippen molar-refractivity contribution in [2.75, 3.05) is 40.6 Å². The summed E-state index contributed by atoms with van der Waals surface area (Å²) in [4.78, 5) is 0. The molecule has 0 unspecified atom stereocenters. The van der Waals surface area contributed by atoms with Gasteiger partial charge in [0.2, 0.25) is 0 Å². The van der Waals surface area contributed by atoms with Crippen molar-refractivity contribution in [1.82, 2.24) is 0 Å². The Morgan fingerprint density at radius 2 is 0.870 bits per heavy atom. The smallest absolute Gasteiger partial charge is 0.119 e. The number of rotatable bonds is 10. The van der Waals surface area contributed by atoms with Crippen LogP contribution in [0.2, 0.25) is 0 Å². The van der Waals surface area contributed by atoms with Crippen LogP contribution >= 0.6 is 0 Å². The SMILES string of the molecule is COc1ccc(OCCOCCOc2ccc(OC)cc2)cc1. The van der Waals surface area contributed by atoms with Crippen LogP contribution in [0.3, 0.4) is 0 Å². The van der Waals surface area contributed by atoms with Crippen LogP contribution in [0.1, 0.15) is 0 Å². The highest BCUT2D eigenvalue weighted by atomic mass is 16.5. The van der Waals surface area contributed by atoms with E-state index in [9.17, 15) is 0 Å². The van der Waals surface area contributed by atoms with Gasteiger partial charge in [0.1, 0.15) is 36.2 Å². The van der Waals surface area contributed by atoms with Gasteiger partial charge in [0, 0.05) is 0 Å². The molecule has 23 heavy (non-hydrogen) atoms. The van der Waals surface area contributed by atoms with E-state index in [2.05, 4.69) is 0 Å². The van der Waals surface area contributed by atoms with Gasteiger partial charge in [-0.1, -0.05) is 0 Å². The summed E-state index contributed by atoms with van der Waals surface area (Å²) in [5, 5.41) is 0. The van der Waals surface area contributed by atoms with Gasteiger partial charge in [0.25, 0.3) is 0 Å². The fourth-order valence-corrected chi connectivity index (χ4v) is 1.88. The molecule has 0 saturated heterocycles. The predicted molar refractivity (Wildman–Crippen MR) is 87.8 cm³/mol. The molecule has 0 aromatic heterocycles. The van der Waals surface area contributed by atoms with Crippen molar-refractivity contribution in [3.05, 3.63) is 48.5 Å². The maximum absolute atomic E-state index is 5.56. The normalized spacial score (nSPS) is 10.2. The van der Waals surface area contributed by atoms with Gasteiger partial charge in [-0.3, -0.25) is 0 Å². The second-order valence-corrected chi connectivity index (χ2v) is 4.66. The molecule has 2 aromatic rings. The van der Waals surface area contributed by atoms with E-state index in [0.29, 0.717) is 26.4 Å². The summed E-state index contributed by atoms with van der Waals surface area (Å²) in [5.41, 5.74) is 0. The molecule has 0 fully saturated rings. The third-order valence-electron chi connectivity index (χ3n) is 3.11. The van der Waals surface area contributed by atoms with Gasteiger partial charge in [0.15, 0.2) is 0 Å². The molecule has 5 nitrogen and oxygen atoms in total. The largest absolute Gasteiger partial charge is 0.497 e. The lowest BCUT2D eigenvalue weighted by Gasteiger charge is -2.09. The number of benzene rings is 2. The van der Waals surface area contributed by atoms with E-state index in [1.807, 2.05) is 48.5 Å². The van der Waals surface area contributed by atoms with E-state index in [-0.39, 0.29) is 0 Å². The van der Waals surface area contributed by atoms with Crippen LogP contribution in [-0.4, -0.2) is 40.6 Å². The predicted octanol–water partition coefficient (Wildman–Crippen LogP) is 3.18. The minimum atomic E-state index is 0.495. The molecule has 124 valence electrons. The molecule has 0 saturated carbocycles. The highest BCUT2D eigenvalue weighted by molar-refractivity contribution is 5.31. The van der Waals surface area contributed by atoms with Crippen molar-refractivity contribution in [3.63, 3.8) is 0 Å². The molecule has 0 N–H and O–H groups in total. The first-order valence-electron chi connectivity index (χ1n) is 7.43. The Balaban J connectivity index is 1.53. The number of methoxy groups -OCH3 is 2. The average Bonchev–Trinajstić information content (AvgIpc) is 2.62. The summed E-state index contributed by atoms with van der Waals surface area (Å²) in [6.45, 7) is 2.01. The van der Waals surface area contributed by atoms with Crippen molar-refractivity contribution in [3.8, 4) is 23.0 Å². The number of ether oxygens (including phenoxy) is 5. The Morgan fingerprint density at radius 1 is 0.522 bits per heavy atom. The quantitative estimate of drug-likeness (QED) is 0.630. The fraction of sp³-hybridized carbons (Fsp3) is 0.333. The van der Waals surface area contributed by atoms with Crippen LogP contribution in [0.5, 0.6) is 23.0 Å². The summed E-state index contributed by atoms with van der Waals surface area (Å²) in [6, 6.07) is 14.9. The number of hydrogen-bond donors (Lipinski definition) is 0. The Bertz CT molecular complexity index is 499. The van der Waals surface area contributed by atoms with Crippen LogP contribution in [0.25, 0.3) is 0 Å². The van der Waals surface area contributed by atoms with E-state index in [1.165, 1.54) is 0 Å². The van der Waals surface area contributed by atoms with Crippen LogP contribution in [-0.2, 0) is 4.74 Å². The van der Waals surface area contributed by atoms with E-state index in [1.54, 1.807) is 14.2 Å². The Kier molecular flexibility index (Phi) is 7.07. The van der Waals surface area contributed by atoms with Gasteiger partial charge in [-0.15, -0.1) is 0 Å². The third-order valence-corrected chi connectivity index (χ3v) is 3.11. The fourth-order valence-electron chi connectivity index (χ4n) is 1.88. The molecule has 0 aliphatic heterocycles. The topological polar surface area (TPSA) is 46.2 Å². The molecule has 5 heteroatoms. The molecular weight excluding hydrogens is 296 g/mol. The maximum atomic E-state index is 5.56. The van der Waals surface area contributed by atoms with E-state index in [4.69, 9.17) is 23.7 Å². The molecule has 2 aromatic carbocycles. The number of hydrogen-bond acceptors (Lipinski definition) is 5. The third kappa shape index (κ3) is 6.08. The molecule has 0 aliphatic carbocycles. The van der Waals surface area contributed by atoms with Crippen LogP contribution < -0.4 is 18.9 Å². The van der Waals surface area contributed by atoms with Gasteiger partial charge in [-0.2, -0.15) is 0 Å². The molecule has 0 spiro atoms. The molecule has 0 amide bonds. The summed E-state index contributed by atoms with van der Waals surface area (Å²) in [5.74, 6) is 3.21. The van der Waals surface area contributed by atoms with Crippen LogP contribution in [0, 0.1) is 0 Å². The summed E-state index contributed by atoms with van der Waals surface area (Å²) < 4.78 is 26.8. The Hall–Kier alpha value is -2.40. The first kappa shape index (κ1) is 17.0. The van der Waals surface area contributed by atoms with Crippen LogP contribution in [0.4, 0.5) is 0 Å². The van der Waals surface area contributed by atoms with E-state index in [0.717, 1.165) is 23.0 Å². The molecule has 0 aliphatic rings. The van der Waals surface area contributed by atoms with Crippen molar-refractivity contribution < 1.29 is 23.7 Å². The maximum Gasteiger partial charge on any atom is 0.119 e. The lowest BCUT2D eigenvalue weighted by atomic mass is 10.3. The molecule has 0 heterocycles. The highest BCUT2D eigenvalue weighted by Crippen LogP contribution is 2.17. The zero-order valence-corrected chi connectivity index (χ0v) is 13.5. The van der Waals surface area contributed by atoms with Crippen LogP contribution in [0.15, 0.2) is 48.5 Å². The van der Waals surface area contributed by atoms with E-state index < -0.39 is 0 Å². The molecule has 0 bridgehead atoms. The zero-order chi connectivity index (χ0) is 16.3. The van der Waals surface area contributed by atoms with Crippen molar-refractivity contribution >= 4 is 0 Å². The zero-order valence-electron chi connectivity index (χ0n) is 13.5. The van der Waals surface area contributed by atoms with E-state index >= 15 is 0 Å². The summed E-state index contributed by atoms with van der Waals surface area (Å²) in [7, 11) is 3.27. The highest BCUT2D eigenvalue weighted by Gasteiger charge is 1.97. The average molecular weight is 318 g/mol. The van der Waals surface area contributed by atoms with Crippen molar-refractivity contribution in [2.45, 2.75) is 0 Å². The monoisotopic (exact) mass is 318 g/mol. The minimum Gasteiger partial charge on any atom is -0.497 e. The minimum absolute atomic E-state index is 0.495. The Labute approximate surface area is 136 Å². The lowest BCUT2D eigenvalue weighted by Crippen LogP contribution is -2.12. The van der Waals surface area contributed by atoms with Gasteiger partial charge in [0.05, 0.1) is 27.4 Å². The molecule has 2 rings (SSSR count). The first-order chi connectivity index (χ1) is 11.3. The van der Waals surface area contributed by atoms with Gasteiger partial charge in [-0.05, 0) is 48.5 Å². The van der Waals surface area contributed by atoms with Gasteiger partial charge < -0.3 is 23.7 Å². The second kappa shape index (κ2) is 9.58. The van der Waals surface area contributed by atoms with Gasteiger partial charge >= 0.3 is 0 Å². The molecular formula is C18H22O5. The first-order valence-corrected chi connectivity index (χ1v) is 7.43. The van der Waals surface area contributed by atoms with Crippen molar-refractivity contribution in [2.24, 2.45) is 0 Å². The molecule has 0 radical (unpaired) electrons. The van der Waals surface area contributed by atoms with Gasteiger partial charge in [-0.25, -0.2) is 0 Å². The molecule has 0 atom stereocenters. The Morgan fingerprint density at radius 3 is 1.22 bits per heavy atom. The lowest BCUT2D eigenvalue weighted by molar-refractivity contribution is 0.0764. The second-order valence-electron chi connectivity index (χ2n) is 4.66. The standard InChI is InChI=1S/C18H22O5/c1-19-15-3-7-17(8-4-15)22-13-11-21-12-14-23-18-9-5-16(20-2)6-10-18/h3-10H,11-14H2,1-2H3. The van der Waals surface area contributed by atoms with Crippen molar-refractivity contribution in [1.29, 1.82) is 0 Å².